The Bertz CT molecular complexity index is 1390. The smallest absolute Gasteiger partial charge is 0.332 e. The van der Waals surface area contributed by atoms with E-state index in [1.165, 1.54) is 15.5 Å². The molecule has 0 saturated carbocycles. The number of unbranched alkanes of at least 4 members (excludes halogenated alkanes) is 1. The molecule has 0 amide bonds. The molecule has 4 rings (SSSR count). The first-order valence-electron chi connectivity index (χ1n) is 11.2. The highest BCUT2D eigenvalue weighted by Crippen LogP contribution is 2.25. The van der Waals surface area contributed by atoms with Crippen molar-refractivity contribution in [3.8, 4) is 0 Å². The van der Waals surface area contributed by atoms with Crippen LogP contribution in [0, 0.1) is 6.92 Å². The summed E-state index contributed by atoms with van der Waals surface area (Å²) in [5, 5.41) is 8.66. The Morgan fingerprint density at radius 3 is 2.42 bits per heavy atom. The third kappa shape index (κ3) is 4.62. The predicted octanol–water partition coefficient (Wildman–Crippen LogP) is 4.46. The second kappa shape index (κ2) is 10.3. The lowest BCUT2D eigenvalue weighted by atomic mass is 10.1. The summed E-state index contributed by atoms with van der Waals surface area (Å²) in [4.78, 5) is 35.1. The highest BCUT2D eigenvalue weighted by Gasteiger charge is 2.18. The standard InChI is InChI=1S/C25H29N3O2.CH2O2/c1-5-6-11-18(3)28-24(29)20-12-7-8-13-21(20)27(25(28)30)16-19-15-26(4)22-14-9-10-17(2)23(19)22;2-1-3/h7-10,12-15,18H,5-6,11,16H2,1-4H3;1H,(H,2,3). The largest absolute Gasteiger partial charge is 0.483 e. The molecule has 1 N–H and O–H groups in total. The average molecular weight is 450 g/mol. The summed E-state index contributed by atoms with van der Waals surface area (Å²) in [6, 6.07) is 13.6. The number of fused-ring (bicyclic) bond motifs is 2. The quantitative estimate of drug-likeness (QED) is 0.440. The first-order chi connectivity index (χ1) is 15.8. The molecule has 7 heteroatoms. The van der Waals surface area contributed by atoms with Crippen molar-refractivity contribution in [2.75, 3.05) is 0 Å². The molecule has 1 unspecified atom stereocenters. The molecule has 0 saturated heterocycles. The van der Waals surface area contributed by atoms with Crippen LogP contribution in [0.25, 0.3) is 21.8 Å². The summed E-state index contributed by atoms with van der Waals surface area (Å²) in [5.41, 5.74) is 3.69. The maximum atomic E-state index is 13.6. The lowest BCUT2D eigenvalue weighted by Crippen LogP contribution is -2.41. The van der Waals surface area contributed by atoms with Crippen molar-refractivity contribution in [3.05, 3.63) is 80.6 Å². The van der Waals surface area contributed by atoms with Crippen molar-refractivity contribution >= 4 is 28.3 Å². The topological polar surface area (TPSA) is 86.2 Å². The molecule has 1 atom stereocenters. The van der Waals surface area contributed by atoms with Crippen molar-refractivity contribution in [2.45, 2.75) is 52.6 Å². The number of carboxylic acid groups (broad SMARTS) is 1. The molecule has 0 aliphatic heterocycles. The Morgan fingerprint density at radius 1 is 1.06 bits per heavy atom. The number of hydrogen-bond acceptors (Lipinski definition) is 3. The van der Waals surface area contributed by atoms with Gasteiger partial charge in [-0.3, -0.25) is 18.7 Å². The van der Waals surface area contributed by atoms with Gasteiger partial charge in [-0.05, 0) is 49.6 Å². The molecule has 0 fully saturated rings. The van der Waals surface area contributed by atoms with E-state index in [-0.39, 0.29) is 23.8 Å². The van der Waals surface area contributed by atoms with Crippen molar-refractivity contribution in [1.29, 1.82) is 0 Å². The normalized spacial score (nSPS) is 11.9. The van der Waals surface area contributed by atoms with Gasteiger partial charge in [-0.15, -0.1) is 0 Å². The Balaban J connectivity index is 0.000000968. The van der Waals surface area contributed by atoms with Crippen LogP contribution in [-0.2, 0) is 18.4 Å². The summed E-state index contributed by atoms with van der Waals surface area (Å²) in [6.07, 6.45) is 4.94. The monoisotopic (exact) mass is 449 g/mol. The molecule has 174 valence electrons. The first kappa shape index (κ1) is 24.0. The Morgan fingerprint density at radius 2 is 1.73 bits per heavy atom. The molecule has 0 bridgehead atoms. The number of benzene rings is 2. The van der Waals surface area contributed by atoms with E-state index in [1.54, 1.807) is 4.57 Å². The predicted molar refractivity (Wildman–Crippen MR) is 132 cm³/mol. The summed E-state index contributed by atoms with van der Waals surface area (Å²) in [6.45, 7) is 6.37. The summed E-state index contributed by atoms with van der Waals surface area (Å²) >= 11 is 0. The minimum Gasteiger partial charge on any atom is -0.483 e. The lowest BCUT2D eigenvalue weighted by Gasteiger charge is -2.18. The maximum Gasteiger partial charge on any atom is 0.332 e. The fourth-order valence-corrected chi connectivity index (χ4v) is 4.53. The molecule has 33 heavy (non-hydrogen) atoms. The minimum atomic E-state index is -0.250. The van der Waals surface area contributed by atoms with Gasteiger partial charge >= 0.3 is 5.69 Å². The number of carbonyl (C=O) groups is 1. The third-order valence-corrected chi connectivity index (χ3v) is 6.13. The summed E-state index contributed by atoms with van der Waals surface area (Å²) in [5.74, 6) is 0. The zero-order chi connectivity index (χ0) is 24.1. The molecule has 2 aromatic carbocycles. The van der Waals surface area contributed by atoms with E-state index in [9.17, 15) is 9.59 Å². The van der Waals surface area contributed by atoms with Crippen LogP contribution in [0.3, 0.4) is 0 Å². The zero-order valence-corrected chi connectivity index (χ0v) is 19.6. The molecule has 7 nitrogen and oxygen atoms in total. The van der Waals surface area contributed by atoms with Gasteiger partial charge in [0, 0.05) is 30.2 Å². The number of rotatable bonds is 6. The Kier molecular flexibility index (Phi) is 7.53. The Hall–Kier alpha value is -3.61. The van der Waals surface area contributed by atoms with E-state index in [1.807, 2.05) is 38.2 Å². The fraction of sp³-hybridized carbons (Fsp3) is 0.346. The number of para-hydroxylation sites is 1. The molecule has 0 aliphatic carbocycles. The van der Waals surface area contributed by atoms with Crippen molar-refractivity contribution in [3.63, 3.8) is 0 Å². The maximum absolute atomic E-state index is 13.6. The van der Waals surface area contributed by atoms with Crippen LogP contribution in [0.4, 0.5) is 0 Å². The summed E-state index contributed by atoms with van der Waals surface area (Å²) in [7, 11) is 2.03. The third-order valence-electron chi connectivity index (χ3n) is 6.13. The van der Waals surface area contributed by atoms with E-state index in [4.69, 9.17) is 9.90 Å². The fourth-order valence-electron chi connectivity index (χ4n) is 4.53. The highest BCUT2D eigenvalue weighted by atomic mass is 16.3. The number of aryl methyl sites for hydroxylation is 2. The van der Waals surface area contributed by atoms with E-state index in [2.05, 4.69) is 42.8 Å². The van der Waals surface area contributed by atoms with Gasteiger partial charge < -0.3 is 9.67 Å². The van der Waals surface area contributed by atoms with Gasteiger partial charge in [0.15, 0.2) is 0 Å². The van der Waals surface area contributed by atoms with Crippen LogP contribution in [0.1, 0.15) is 50.3 Å². The van der Waals surface area contributed by atoms with Crippen molar-refractivity contribution in [2.24, 2.45) is 7.05 Å². The van der Waals surface area contributed by atoms with Crippen LogP contribution in [0.5, 0.6) is 0 Å². The van der Waals surface area contributed by atoms with E-state index in [0.717, 1.165) is 30.3 Å². The SMILES string of the molecule is CCCCC(C)n1c(=O)c2ccccc2n(Cc2cn(C)c3cccc(C)c23)c1=O.O=CO. The molecular weight excluding hydrogens is 418 g/mol. The second-order valence-corrected chi connectivity index (χ2v) is 8.39. The van der Waals surface area contributed by atoms with Crippen LogP contribution >= 0.6 is 0 Å². The van der Waals surface area contributed by atoms with Crippen LogP contribution in [0.15, 0.2) is 58.3 Å². The van der Waals surface area contributed by atoms with E-state index < -0.39 is 0 Å². The Labute approximate surface area is 192 Å². The summed E-state index contributed by atoms with van der Waals surface area (Å²) < 4.78 is 5.32. The molecule has 0 radical (unpaired) electrons. The van der Waals surface area contributed by atoms with Crippen molar-refractivity contribution in [1.82, 2.24) is 13.7 Å². The van der Waals surface area contributed by atoms with Gasteiger partial charge in [0.25, 0.3) is 12.0 Å². The van der Waals surface area contributed by atoms with Gasteiger partial charge in [0.1, 0.15) is 0 Å². The molecule has 2 aromatic heterocycles. The van der Waals surface area contributed by atoms with Crippen LogP contribution in [-0.4, -0.2) is 25.3 Å². The van der Waals surface area contributed by atoms with Gasteiger partial charge in [0.2, 0.25) is 0 Å². The highest BCUT2D eigenvalue weighted by molar-refractivity contribution is 5.87. The number of hydrogen-bond donors (Lipinski definition) is 1. The number of aromatic nitrogens is 3. The molecule has 0 spiro atoms. The number of nitrogens with zero attached hydrogens (tertiary/aromatic N) is 3. The molecule has 4 aromatic rings. The minimum absolute atomic E-state index is 0.130. The van der Waals surface area contributed by atoms with Gasteiger partial charge in [-0.2, -0.15) is 0 Å². The molecule has 0 aliphatic rings. The van der Waals surface area contributed by atoms with Gasteiger partial charge in [0.05, 0.1) is 17.4 Å². The molecular formula is C26H31N3O4. The lowest BCUT2D eigenvalue weighted by molar-refractivity contribution is -0.122. The average Bonchev–Trinajstić information content (AvgIpc) is 3.12. The van der Waals surface area contributed by atoms with E-state index >= 15 is 0 Å². The van der Waals surface area contributed by atoms with Gasteiger partial charge in [-0.1, -0.05) is 44.0 Å². The van der Waals surface area contributed by atoms with E-state index in [0.29, 0.717) is 17.4 Å². The second-order valence-electron chi connectivity index (χ2n) is 8.39. The van der Waals surface area contributed by atoms with Crippen LogP contribution in [0.2, 0.25) is 0 Å². The first-order valence-corrected chi connectivity index (χ1v) is 11.2. The van der Waals surface area contributed by atoms with Crippen LogP contribution < -0.4 is 11.2 Å². The molecule has 2 heterocycles. The zero-order valence-electron chi connectivity index (χ0n) is 19.6. The van der Waals surface area contributed by atoms with Crippen molar-refractivity contribution < 1.29 is 9.90 Å². The van der Waals surface area contributed by atoms with Gasteiger partial charge in [-0.25, -0.2) is 4.79 Å².